The van der Waals surface area contributed by atoms with Crippen molar-refractivity contribution in [3.63, 3.8) is 0 Å². The molecule has 0 aliphatic carbocycles. The van der Waals surface area contributed by atoms with Crippen LogP contribution in [0.25, 0.3) is 23.6 Å². The van der Waals surface area contributed by atoms with Crippen LogP contribution < -0.4 is 0 Å². The number of aromatic nitrogens is 2. The summed E-state index contributed by atoms with van der Waals surface area (Å²) < 4.78 is 18.3. The van der Waals surface area contributed by atoms with E-state index in [9.17, 15) is 4.39 Å². The predicted octanol–water partition coefficient (Wildman–Crippen LogP) is 4.05. The Bertz CT molecular complexity index is 718. The van der Waals surface area contributed by atoms with Gasteiger partial charge in [0.25, 0.3) is 0 Å². The minimum absolute atomic E-state index is 0.258. The van der Waals surface area contributed by atoms with Gasteiger partial charge in [-0.05, 0) is 35.9 Å². The SMILES string of the molecule is Fc1ccc(C=Cc2nnc(-c3ccccc3)o2)cc1. The molecule has 1 aromatic heterocycles. The summed E-state index contributed by atoms with van der Waals surface area (Å²) in [6.45, 7) is 0. The fraction of sp³-hybridized carbons (Fsp3) is 0. The number of benzene rings is 2. The maximum absolute atomic E-state index is 12.8. The van der Waals surface area contributed by atoms with Gasteiger partial charge in [0.2, 0.25) is 11.8 Å². The highest BCUT2D eigenvalue weighted by molar-refractivity contribution is 5.66. The maximum atomic E-state index is 12.8. The fourth-order valence-electron chi connectivity index (χ4n) is 1.74. The van der Waals surface area contributed by atoms with Gasteiger partial charge in [0.05, 0.1) is 0 Å². The molecule has 0 saturated carbocycles. The lowest BCUT2D eigenvalue weighted by Crippen LogP contribution is -1.75. The first-order valence-corrected chi connectivity index (χ1v) is 6.14. The van der Waals surface area contributed by atoms with Crippen molar-refractivity contribution in [1.82, 2.24) is 10.2 Å². The third-order valence-corrected chi connectivity index (χ3v) is 2.75. The number of halogens is 1. The number of rotatable bonds is 3. The van der Waals surface area contributed by atoms with Crippen molar-refractivity contribution in [2.75, 3.05) is 0 Å². The molecule has 0 bridgehead atoms. The molecule has 1 heterocycles. The van der Waals surface area contributed by atoms with E-state index in [1.165, 1.54) is 12.1 Å². The van der Waals surface area contributed by atoms with Crippen LogP contribution in [-0.2, 0) is 0 Å². The standard InChI is InChI=1S/C16H11FN2O/c17-14-9-6-12(7-10-14)8-11-15-18-19-16(20-15)13-4-2-1-3-5-13/h1-11H. The van der Waals surface area contributed by atoms with Crippen LogP contribution in [0.15, 0.2) is 59.0 Å². The van der Waals surface area contributed by atoms with Crippen molar-refractivity contribution in [1.29, 1.82) is 0 Å². The Labute approximate surface area is 115 Å². The molecule has 0 saturated heterocycles. The van der Waals surface area contributed by atoms with E-state index in [0.717, 1.165) is 11.1 Å². The Hall–Kier alpha value is -2.75. The molecule has 0 fully saturated rings. The van der Waals surface area contributed by atoms with E-state index in [4.69, 9.17) is 4.42 Å². The Balaban J connectivity index is 1.79. The molecule has 0 aliphatic rings. The first-order chi connectivity index (χ1) is 9.81. The van der Waals surface area contributed by atoms with E-state index in [-0.39, 0.29) is 5.82 Å². The number of nitrogens with zero attached hydrogens (tertiary/aromatic N) is 2. The summed E-state index contributed by atoms with van der Waals surface area (Å²) >= 11 is 0. The van der Waals surface area contributed by atoms with Gasteiger partial charge in [-0.2, -0.15) is 0 Å². The Morgan fingerprint density at radius 1 is 0.850 bits per heavy atom. The topological polar surface area (TPSA) is 38.9 Å². The summed E-state index contributed by atoms with van der Waals surface area (Å²) in [7, 11) is 0. The maximum Gasteiger partial charge on any atom is 0.248 e. The smallest absolute Gasteiger partial charge is 0.248 e. The van der Waals surface area contributed by atoms with Crippen molar-refractivity contribution in [2.24, 2.45) is 0 Å². The van der Waals surface area contributed by atoms with Gasteiger partial charge in [-0.15, -0.1) is 10.2 Å². The van der Waals surface area contributed by atoms with Crippen molar-refractivity contribution in [3.05, 3.63) is 71.9 Å². The fourth-order valence-corrected chi connectivity index (χ4v) is 1.74. The minimum atomic E-state index is -0.258. The Morgan fingerprint density at radius 2 is 1.60 bits per heavy atom. The molecule has 0 spiro atoms. The quantitative estimate of drug-likeness (QED) is 0.718. The lowest BCUT2D eigenvalue weighted by molar-refractivity contribution is 0.558. The molecular weight excluding hydrogens is 255 g/mol. The van der Waals surface area contributed by atoms with Crippen molar-refractivity contribution < 1.29 is 8.81 Å². The van der Waals surface area contributed by atoms with E-state index in [0.29, 0.717) is 11.8 Å². The molecule has 0 atom stereocenters. The van der Waals surface area contributed by atoms with Gasteiger partial charge in [0.15, 0.2) is 0 Å². The van der Waals surface area contributed by atoms with E-state index >= 15 is 0 Å². The zero-order chi connectivity index (χ0) is 13.8. The van der Waals surface area contributed by atoms with E-state index in [1.54, 1.807) is 24.3 Å². The van der Waals surface area contributed by atoms with E-state index < -0.39 is 0 Å². The van der Waals surface area contributed by atoms with Gasteiger partial charge in [-0.1, -0.05) is 30.3 Å². The largest absolute Gasteiger partial charge is 0.417 e. The van der Waals surface area contributed by atoms with Crippen molar-refractivity contribution in [3.8, 4) is 11.5 Å². The van der Waals surface area contributed by atoms with Crippen LogP contribution in [0, 0.1) is 5.82 Å². The molecule has 3 nitrogen and oxygen atoms in total. The van der Waals surface area contributed by atoms with Gasteiger partial charge in [0, 0.05) is 11.6 Å². The van der Waals surface area contributed by atoms with Gasteiger partial charge < -0.3 is 4.42 Å². The zero-order valence-corrected chi connectivity index (χ0v) is 10.5. The lowest BCUT2D eigenvalue weighted by Gasteiger charge is -1.92. The Morgan fingerprint density at radius 3 is 2.35 bits per heavy atom. The van der Waals surface area contributed by atoms with Crippen LogP contribution in [0.1, 0.15) is 11.5 Å². The van der Waals surface area contributed by atoms with Crippen LogP contribution >= 0.6 is 0 Å². The highest BCUT2D eigenvalue weighted by Gasteiger charge is 2.05. The average molecular weight is 266 g/mol. The molecule has 3 aromatic rings. The molecule has 3 rings (SSSR count). The second-order valence-corrected chi connectivity index (χ2v) is 4.20. The molecule has 4 heteroatoms. The van der Waals surface area contributed by atoms with Crippen molar-refractivity contribution >= 4 is 12.2 Å². The molecule has 0 amide bonds. The Kier molecular flexibility index (Phi) is 3.37. The molecule has 0 unspecified atom stereocenters. The third-order valence-electron chi connectivity index (χ3n) is 2.75. The first-order valence-electron chi connectivity index (χ1n) is 6.14. The highest BCUT2D eigenvalue weighted by Crippen LogP contribution is 2.18. The summed E-state index contributed by atoms with van der Waals surface area (Å²) in [5.74, 6) is 0.629. The normalized spacial score (nSPS) is 11.1. The highest BCUT2D eigenvalue weighted by atomic mass is 19.1. The second-order valence-electron chi connectivity index (χ2n) is 4.20. The molecular formula is C16H11FN2O. The molecule has 0 aliphatic heterocycles. The second kappa shape index (κ2) is 5.48. The van der Waals surface area contributed by atoms with Crippen molar-refractivity contribution in [2.45, 2.75) is 0 Å². The molecule has 98 valence electrons. The summed E-state index contributed by atoms with van der Waals surface area (Å²) in [6.07, 6.45) is 3.49. The van der Waals surface area contributed by atoms with E-state index in [2.05, 4.69) is 10.2 Å². The number of hydrogen-bond donors (Lipinski definition) is 0. The van der Waals surface area contributed by atoms with Crippen LogP contribution in [-0.4, -0.2) is 10.2 Å². The summed E-state index contributed by atoms with van der Waals surface area (Å²) in [5, 5.41) is 7.93. The predicted molar refractivity (Wildman–Crippen MR) is 75.1 cm³/mol. The van der Waals surface area contributed by atoms with Gasteiger partial charge >= 0.3 is 0 Å². The monoisotopic (exact) mass is 266 g/mol. The van der Waals surface area contributed by atoms with E-state index in [1.807, 2.05) is 30.3 Å². The van der Waals surface area contributed by atoms with Gasteiger partial charge in [-0.3, -0.25) is 0 Å². The molecule has 20 heavy (non-hydrogen) atoms. The summed E-state index contributed by atoms with van der Waals surface area (Å²) in [4.78, 5) is 0. The first kappa shape index (κ1) is 12.3. The number of hydrogen-bond acceptors (Lipinski definition) is 3. The van der Waals surface area contributed by atoms with Crippen LogP contribution in [0.5, 0.6) is 0 Å². The van der Waals surface area contributed by atoms with Crippen LogP contribution in [0.2, 0.25) is 0 Å². The lowest BCUT2D eigenvalue weighted by atomic mass is 10.2. The zero-order valence-electron chi connectivity index (χ0n) is 10.5. The van der Waals surface area contributed by atoms with Crippen LogP contribution in [0.3, 0.4) is 0 Å². The summed E-state index contributed by atoms with van der Waals surface area (Å²) in [6, 6.07) is 15.7. The third kappa shape index (κ3) is 2.80. The van der Waals surface area contributed by atoms with Gasteiger partial charge in [0.1, 0.15) is 5.82 Å². The summed E-state index contributed by atoms with van der Waals surface area (Å²) in [5.41, 5.74) is 1.74. The van der Waals surface area contributed by atoms with Gasteiger partial charge in [-0.25, -0.2) is 4.39 Å². The molecule has 2 aromatic carbocycles. The molecule has 0 radical (unpaired) electrons. The van der Waals surface area contributed by atoms with Crippen LogP contribution in [0.4, 0.5) is 4.39 Å². The molecule has 0 N–H and O–H groups in total. The average Bonchev–Trinajstić information content (AvgIpc) is 2.97. The minimum Gasteiger partial charge on any atom is -0.417 e.